The third kappa shape index (κ3) is 8.38. The maximum absolute atomic E-state index is 13.3. The molecule has 0 bridgehead atoms. The van der Waals surface area contributed by atoms with E-state index in [2.05, 4.69) is 26.0 Å². The zero-order valence-corrected chi connectivity index (χ0v) is 18.1. The van der Waals surface area contributed by atoms with Crippen LogP contribution in [0.5, 0.6) is 5.75 Å². The molecular weight excluding hydrogens is 389 g/mol. The topological polar surface area (TPSA) is 78.7 Å². The van der Waals surface area contributed by atoms with Crippen molar-refractivity contribution in [3.05, 3.63) is 70.3 Å². The molecule has 0 aliphatic rings. The lowest BCUT2D eigenvalue weighted by Gasteiger charge is -2.21. The van der Waals surface area contributed by atoms with Crippen LogP contribution in [0.1, 0.15) is 45.1 Å². The molecule has 0 spiro atoms. The van der Waals surface area contributed by atoms with Crippen LogP contribution in [0.2, 0.25) is 0 Å². The van der Waals surface area contributed by atoms with Crippen molar-refractivity contribution in [3.8, 4) is 5.75 Å². The molecule has 0 fully saturated rings. The normalized spacial score (nSPS) is 14.1. The Morgan fingerprint density at radius 3 is 2.34 bits per heavy atom. The van der Waals surface area contributed by atoms with Gasteiger partial charge < -0.3 is 4.52 Å². The van der Waals surface area contributed by atoms with Gasteiger partial charge in [0.15, 0.2) is 0 Å². The average molecular weight is 419 g/mol. The smallest absolute Gasteiger partial charge is 0.379 e. The molecule has 0 aliphatic carbocycles. The van der Waals surface area contributed by atoms with Crippen LogP contribution in [0, 0.1) is 16.0 Å². The lowest BCUT2D eigenvalue weighted by Crippen LogP contribution is -2.11. The van der Waals surface area contributed by atoms with Crippen molar-refractivity contribution >= 4 is 13.3 Å². The van der Waals surface area contributed by atoms with Gasteiger partial charge in [0, 0.05) is 12.1 Å². The van der Waals surface area contributed by atoms with Crippen LogP contribution >= 0.6 is 7.60 Å². The number of hydrogen-bond donors (Lipinski definition) is 0. The van der Waals surface area contributed by atoms with Gasteiger partial charge in [0.25, 0.3) is 5.69 Å². The van der Waals surface area contributed by atoms with Crippen molar-refractivity contribution < 1.29 is 18.5 Å². The van der Waals surface area contributed by atoms with Crippen LogP contribution in [-0.2, 0) is 15.5 Å². The van der Waals surface area contributed by atoms with E-state index in [1.807, 2.05) is 18.2 Å². The Bertz CT molecular complexity index is 795. The minimum Gasteiger partial charge on any atom is -0.424 e. The van der Waals surface area contributed by atoms with E-state index in [4.69, 9.17) is 9.05 Å². The van der Waals surface area contributed by atoms with Gasteiger partial charge in [-0.3, -0.25) is 14.6 Å². The summed E-state index contributed by atoms with van der Waals surface area (Å²) in [6.45, 7) is 4.50. The van der Waals surface area contributed by atoms with Gasteiger partial charge in [0.1, 0.15) is 5.75 Å². The van der Waals surface area contributed by atoms with E-state index in [0.717, 1.165) is 32.1 Å². The molecule has 2 atom stereocenters. The van der Waals surface area contributed by atoms with Crippen molar-refractivity contribution in [3.63, 3.8) is 0 Å². The highest BCUT2D eigenvalue weighted by Gasteiger charge is 2.27. The molecule has 0 aliphatic heterocycles. The quantitative estimate of drug-likeness (QED) is 0.157. The molecule has 0 radical (unpaired) electrons. The van der Waals surface area contributed by atoms with Crippen LogP contribution in [0.3, 0.4) is 0 Å². The second-order valence-corrected chi connectivity index (χ2v) is 9.44. The standard InChI is InChI=1S/C22H30NO5P/c1-3-4-5-9-16-29(26,28-22-14-12-21(13-15-22)23(24)25)27-18-19(2)17-20-10-7-6-8-11-20/h6-8,10-15,19H,3-5,9,16-18H2,1-2H3. The molecule has 2 aromatic rings. The van der Waals surface area contributed by atoms with Gasteiger partial charge in [-0.2, -0.15) is 0 Å². The van der Waals surface area contributed by atoms with Gasteiger partial charge in [0.05, 0.1) is 17.7 Å². The molecule has 0 saturated carbocycles. The van der Waals surface area contributed by atoms with Gasteiger partial charge >= 0.3 is 7.60 Å². The lowest BCUT2D eigenvalue weighted by molar-refractivity contribution is -0.384. The summed E-state index contributed by atoms with van der Waals surface area (Å²) in [7, 11) is -3.35. The van der Waals surface area contributed by atoms with E-state index in [9.17, 15) is 14.7 Å². The summed E-state index contributed by atoms with van der Waals surface area (Å²) in [6, 6.07) is 15.7. The third-order valence-corrected chi connectivity index (χ3v) is 6.46. The van der Waals surface area contributed by atoms with E-state index in [1.54, 1.807) is 0 Å². The van der Waals surface area contributed by atoms with E-state index in [0.29, 0.717) is 18.5 Å². The Labute approximate surface area is 172 Å². The minimum absolute atomic E-state index is 0.0347. The summed E-state index contributed by atoms with van der Waals surface area (Å²) in [4.78, 5) is 10.3. The van der Waals surface area contributed by atoms with E-state index >= 15 is 0 Å². The first-order valence-electron chi connectivity index (χ1n) is 10.1. The highest BCUT2D eigenvalue weighted by atomic mass is 31.2. The van der Waals surface area contributed by atoms with Crippen LogP contribution in [0.15, 0.2) is 54.6 Å². The number of rotatable bonds is 13. The third-order valence-electron chi connectivity index (χ3n) is 4.56. The number of benzene rings is 2. The highest BCUT2D eigenvalue weighted by Crippen LogP contribution is 2.49. The molecule has 0 N–H and O–H groups in total. The second kappa shape index (κ2) is 11.7. The van der Waals surface area contributed by atoms with Gasteiger partial charge in [-0.25, -0.2) is 4.57 Å². The van der Waals surface area contributed by atoms with Crippen LogP contribution in [-0.4, -0.2) is 17.7 Å². The summed E-state index contributed by atoms with van der Waals surface area (Å²) >= 11 is 0. The number of unbranched alkanes of at least 4 members (excludes halogenated alkanes) is 3. The number of nitro benzene ring substituents is 1. The fourth-order valence-electron chi connectivity index (χ4n) is 2.97. The summed E-state index contributed by atoms with van der Waals surface area (Å²) < 4.78 is 24.9. The van der Waals surface area contributed by atoms with Crippen molar-refractivity contribution in [2.45, 2.75) is 46.0 Å². The van der Waals surface area contributed by atoms with Gasteiger partial charge in [-0.1, -0.05) is 63.4 Å². The molecule has 29 heavy (non-hydrogen) atoms. The van der Waals surface area contributed by atoms with Crippen molar-refractivity contribution in [2.24, 2.45) is 5.92 Å². The minimum atomic E-state index is -3.35. The van der Waals surface area contributed by atoms with Gasteiger partial charge in [0.2, 0.25) is 0 Å². The Morgan fingerprint density at radius 2 is 1.72 bits per heavy atom. The molecule has 0 amide bonds. The summed E-state index contributed by atoms with van der Waals surface area (Å²) in [6.07, 6.45) is 5.04. The first kappa shape index (κ1) is 23.1. The SMILES string of the molecule is CCCCCCP(=O)(OCC(C)Cc1ccccc1)Oc1ccc([N+](=O)[O-])cc1. The maximum Gasteiger partial charge on any atom is 0.379 e. The lowest BCUT2D eigenvalue weighted by atomic mass is 10.0. The zero-order valence-electron chi connectivity index (χ0n) is 17.2. The molecule has 2 unspecified atom stereocenters. The van der Waals surface area contributed by atoms with Crippen molar-refractivity contribution in [2.75, 3.05) is 12.8 Å². The first-order valence-corrected chi connectivity index (χ1v) is 11.9. The predicted octanol–water partition coefficient (Wildman–Crippen LogP) is 6.64. The molecule has 2 rings (SSSR count). The van der Waals surface area contributed by atoms with Gasteiger partial charge in [-0.15, -0.1) is 0 Å². The average Bonchev–Trinajstić information content (AvgIpc) is 2.71. The molecule has 0 heterocycles. The fourth-order valence-corrected chi connectivity index (χ4v) is 4.78. The molecule has 0 aromatic heterocycles. The first-order chi connectivity index (χ1) is 13.9. The van der Waals surface area contributed by atoms with E-state index < -0.39 is 12.5 Å². The Morgan fingerprint density at radius 1 is 1.03 bits per heavy atom. The maximum atomic E-state index is 13.3. The highest BCUT2D eigenvalue weighted by molar-refractivity contribution is 7.54. The Balaban J connectivity index is 1.99. The molecule has 2 aromatic carbocycles. The van der Waals surface area contributed by atoms with Gasteiger partial charge in [-0.05, 0) is 36.5 Å². The number of non-ortho nitro benzene ring substituents is 1. The van der Waals surface area contributed by atoms with E-state index in [-0.39, 0.29) is 11.6 Å². The Kier molecular flexibility index (Phi) is 9.36. The largest absolute Gasteiger partial charge is 0.424 e. The van der Waals surface area contributed by atoms with Crippen LogP contribution in [0.4, 0.5) is 5.69 Å². The van der Waals surface area contributed by atoms with Crippen LogP contribution in [0.25, 0.3) is 0 Å². The number of nitrogens with zero attached hydrogens (tertiary/aromatic N) is 1. The van der Waals surface area contributed by atoms with Crippen molar-refractivity contribution in [1.82, 2.24) is 0 Å². The zero-order chi connectivity index (χ0) is 21.1. The fraction of sp³-hybridized carbons (Fsp3) is 0.455. The molecular formula is C22H30NO5P. The monoisotopic (exact) mass is 419 g/mol. The summed E-state index contributed by atoms with van der Waals surface area (Å²) in [5.41, 5.74) is 1.17. The molecule has 0 saturated heterocycles. The number of hydrogen-bond acceptors (Lipinski definition) is 5. The summed E-state index contributed by atoms with van der Waals surface area (Å²) in [5, 5.41) is 10.8. The predicted molar refractivity (Wildman–Crippen MR) is 116 cm³/mol. The number of nitro groups is 1. The van der Waals surface area contributed by atoms with Crippen molar-refractivity contribution in [1.29, 1.82) is 0 Å². The second-order valence-electron chi connectivity index (χ2n) is 7.33. The molecule has 7 heteroatoms. The van der Waals surface area contributed by atoms with Crippen LogP contribution < -0.4 is 4.52 Å². The van der Waals surface area contributed by atoms with E-state index in [1.165, 1.54) is 29.8 Å². The Hall–Kier alpha value is -2.17. The molecule has 6 nitrogen and oxygen atoms in total. The molecule has 158 valence electrons. The summed E-state index contributed by atoms with van der Waals surface area (Å²) in [5.74, 6) is 0.506.